The van der Waals surface area contributed by atoms with Crippen LogP contribution in [-0.4, -0.2) is 40.1 Å². The Hall–Kier alpha value is -3.36. The van der Waals surface area contributed by atoms with Gasteiger partial charge in [0.05, 0.1) is 20.6 Å². The Labute approximate surface area is 143 Å². The van der Waals surface area contributed by atoms with Crippen LogP contribution in [0.5, 0.6) is 11.6 Å². The van der Waals surface area contributed by atoms with Gasteiger partial charge in [0, 0.05) is 13.2 Å². The number of benzene rings is 1. The van der Waals surface area contributed by atoms with E-state index >= 15 is 0 Å². The Morgan fingerprint density at radius 3 is 2.64 bits per heavy atom. The molecule has 3 rings (SSSR count). The van der Waals surface area contributed by atoms with Crippen molar-refractivity contribution in [2.24, 2.45) is 7.05 Å². The zero-order valence-electron chi connectivity index (χ0n) is 14.0. The third kappa shape index (κ3) is 3.77. The quantitative estimate of drug-likeness (QED) is 0.726. The van der Waals surface area contributed by atoms with E-state index in [2.05, 4.69) is 20.6 Å². The van der Waals surface area contributed by atoms with E-state index in [-0.39, 0.29) is 17.5 Å². The van der Waals surface area contributed by atoms with Crippen molar-refractivity contribution in [3.05, 3.63) is 47.5 Å². The van der Waals surface area contributed by atoms with Crippen molar-refractivity contribution < 1.29 is 18.7 Å². The summed E-state index contributed by atoms with van der Waals surface area (Å²) in [4.78, 5) is 12.3. The van der Waals surface area contributed by atoms with Crippen LogP contribution in [0.4, 0.5) is 6.01 Å². The minimum Gasteiger partial charge on any atom is -0.497 e. The predicted octanol–water partition coefficient (Wildman–Crippen LogP) is 1.66. The molecule has 1 N–H and O–H groups in total. The second-order valence-corrected chi connectivity index (χ2v) is 5.21. The molecule has 0 aliphatic carbocycles. The molecule has 0 saturated heterocycles. The van der Waals surface area contributed by atoms with Crippen molar-refractivity contribution in [1.82, 2.24) is 20.0 Å². The SMILES string of the molecule is COc1ccc(Cc2nnc(NC(=O)c3cn(C)nc3OC)o2)cc1. The number of anilines is 1. The Morgan fingerprint density at radius 2 is 1.96 bits per heavy atom. The maximum Gasteiger partial charge on any atom is 0.322 e. The second kappa shape index (κ2) is 7.04. The molecular weight excluding hydrogens is 326 g/mol. The lowest BCUT2D eigenvalue weighted by atomic mass is 10.1. The molecule has 9 heteroatoms. The fourth-order valence-corrected chi connectivity index (χ4v) is 2.23. The molecule has 0 unspecified atom stereocenters. The minimum atomic E-state index is -0.440. The van der Waals surface area contributed by atoms with E-state index in [4.69, 9.17) is 13.9 Å². The van der Waals surface area contributed by atoms with Crippen LogP contribution in [0.15, 0.2) is 34.9 Å². The zero-order valence-corrected chi connectivity index (χ0v) is 14.0. The summed E-state index contributed by atoms with van der Waals surface area (Å²) in [6.07, 6.45) is 1.99. The fourth-order valence-electron chi connectivity index (χ4n) is 2.23. The molecule has 0 bridgehead atoms. The normalized spacial score (nSPS) is 10.5. The van der Waals surface area contributed by atoms with Gasteiger partial charge in [-0.15, -0.1) is 10.2 Å². The van der Waals surface area contributed by atoms with Crippen molar-refractivity contribution >= 4 is 11.9 Å². The van der Waals surface area contributed by atoms with E-state index in [9.17, 15) is 4.79 Å². The Bertz CT molecular complexity index is 869. The Kier molecular flexibility index (Phi) is 4.64. The molecule has 0 aliphatic heterocycles. The van der Waals surface area contributed by atoms with Gasteiger partial charge in [0.2, 0.25) is 11.8 Å². The molecule has 130 valence electrons. The van der Waals surface area contributed by atoms with Gasteiger partial charge >= 0.3 is 6.01 Å². The first-order valence-corrected chi connectivity index (χ1v) is 7.43. The van der Waals surface area contributed by atoms with Crippen molar-refractivity contribution in [3.63, 3.8) is 0 Å². The summed E-state index contributed by atoms with van der Waals surface area (Å²) in [5.74, 6) is 0.939. The standard InChI is InChI=1S/C16H17N5O4/c1-21-9-12(15(20-21)24-3)14(22)17-16-19-18-13(25-16)8-10-4-6-11(23-2)7-5-10/h4-7,9H,8H2,1-3H3,(H,17,19,22). The number of ether oxygens (including phenoxy) is 2. The van der Waals surface area contributed by atoms with Gasteiger partial charge in [-0.05, 0) is 17.7 Å². The number of carbonyl (C=O) groups is 1. The van der Waals surface area contributed by atoms with Gasteiger partial charge in [0.15, 0.2) is 0 Å². The summed E-state index contributed by atoms with van der Waals surface area (Å²) in [6, 6.07) is 7.52. The van der Waals surface area contributed by atoms with Gasteiger partial charge in [0.25, 0.3) is 5.91 Å². The molecular formula is C16H17N5O4. The first-order chi connectivity index (χ1) is 12.1. The van der Waals surface area contributed by atoms with Crippen LogP contribution in [0, 0.1) is 0 Å². The van der Waals surface area contributed by atoms with Crippen molar-refractivity contribution in [2.75, 3.05) is 19.5 Å². The van der Waals surface area contributed by atoms with Gasteiger partial charge in [-0.25, -0.2) is 0 Å². The number of hydrogen-bond acceptors (Lipinski definition) is 7. The van der Waals surface area contributed by atoms with Crippen molar-refractivity contribution in [2.45, 2.75) is 6.42 Å². The van der Waals surface area contributed by atoms with Crippen LogP contribution in [0.2, 0.25) is 0 Å². The summed E-state index contributed by atoms with van der Waals surface area (Å²) >= 11 is 0. The minimum absolute atomic E-state index is 0.0133. The summed E-state index contributed by atoms with van der Waals surface area (Å²) in [6.45, 7) is 0. The number of hydrogen-bond donors (Lipinski definition) is 1. The Morgan fingerprint density at radius 1 is 1.20 bits per heavy atom. The van der Waals surface area contributed by atoms with E-state index in [1.807, 2.05) is 24.3 Å². The van der Waals surface area contributed by atoms with Crippen LogP contribution in [0.1, 0.15) is 21.8 Å². The van der Waals surface area contributed by atoms with Crippen LogP contribution in [-0.2, 0) is 13.5 Å². The summed E-state index contributed by atoms with van der Waals surface area (Å²) in [5.41, 5.74) is 1.26. The monoisotopic (exact) mass is 343 g/mol. The molecule has 0 fully saturated rings. The predicted molar refractivity (Wildman–Crippen MR) is 87.8 cm³/mol. The van der Waals surface area contributed by atoms with E-state index in [0.29, 0.717) is 12.3 Å². The average Bonchev–Trinajstić information content (AvgIpc) is 3.21. The lowest BCUT2D eigenvalue weighted by molar-refractivity contribution is 0.102. The van der Waals surface area contributed by atoms with Crippen LogP contribution < -0.4 is 14.8 Å². The molecule has 0 atom stereocenters. The largest absolute Gasteiger partial charge is 0.497 e. The number of carbonyl (C=O) groups excluding carboxylic acids is 1. The number of amides is 1. The lowest BCUT2D eigenvalue weighted by Crippen LogP contribution is -2.12. The zero-order chi connectivity index (χ0) is 17.8. The molecule has 2 heterocycles. The Balaban J connectivity index is 1.67. The number of nitrogens with one attached hydrogen (secondary N) is 1. The van der Waals surface area contributed by atoms with Gasteiger partial charge in [-0.1, -0.05) is 17.2 Å². The maximum absolute atomic E-state index is 12.3. The number of aryl methyl sites for hydroxylation is 1. The molecule has 1 amide bonds. The van der Waals surface area contributed by atoms with E-state index < -0.39 is 5.91 Å². The third-order valence-corrected chi connectivity index (χ3v) is 3.43. The molecule has 9 nitrogen and oxygen atoms in total. The number of aromatic nitrogens is 4. The molecule has 0 spiro atoms. The topological polar surface area (TPSA) is 104 Å². The van der Waals surface area contributed by atoms with Gasteiger partial charge in [-0.3, -0.25) is 14.8 Å². The number of nitrogens with zero attached hydrogens (tertiary/aromatic N) is 4. The summed E-state index contributed by atoms with van der Waals surface area (Å²) < 4.78 is 17.1. The average molecular weight is 343 g/mol. The second-order valence-electron chi connectivity index (χ2n) is 5.21. The first-order valence-electron chi connectivity index (χ1n) is 7.43. The number of methoxy groups -OCH3 is 2. The van der Waals surface area contributed by atoms with Crippen LogP contribution in [0.3, 0.4) is 0 Å². The molecule has 25 heavy (non-hydrogen) atoms. The summed E-state index contributed by atoms with van der Waals surface area (Å²) in [5, 5.41) is 14.3. The van der Waals surface area contributed by atoms with Gasteiger partial charge < -0.3 is 13.9 Å². The van der Waals surface area contributed by atoms with Crippen LogP contribution in [0.25, 0.3) is 0 Å². The van der Waals surface area contributed by atoms with Crippen molar-refractivity contribution in [1.29, 1.82) is 0 Å². The highest BCUT2D eigenvalue weighted by atomic mass is 16.5. The lowest BCUT2D eigenvalue weighted by Gasteiger charge is -2.01. The molecule has 0 aliphatic rings. The fraction of sp³-hybridized carbons (Fsp3) is 0.250. The maximum atomic E-state index is 12.3. The van der Waals surface area contributed by atoms with Gasteiger partial charge in [-0.2, -0.15) is 0 Å². The third-order valence-electron chi connectivity index (χ3n) is 3.43. The summed E-state index contributed by atoms with van der Waals surface area (Å²) in [7, 11) is 4.75. The molecule has 2 aromatic heterocycles. The highest BCUT2D eigenvalue weighted by molar-refractivity contribution is 6.04. The smallest absolute Gasteiger partial charge is 0.322 e. The highest BCUT2D eigenvalue weighted by Crippen LogP contribution is 2.18. The van der Waals surface area contributed by atoms with E-state index in [0.717, 1.165) is 11.3 Å². The van der Waals surface area contributed by atoms with Crippen molar-refractivity contribution in [3.8, 4) is 11.6 Å². The molecule has 0 saturated carbocycles. The van der Waals surface area contributed by atoms with Crippen LogP contribution >= 0.6 is 0 Å². The van der Waals surface area contributed by atoms with E-state index in [1.54, 1.807) is 20.4 Å². The first kappa shape index (κ1) is 16.5. The molecule has 3 aromatic rings. The molecule has 1 aromatic carbocycles. The number of rotatable bonds is 6. The molecule has 0 radical (unpaired) electrons. The van der Waals surface area contributed by atoms with E-state index in [1.165, 1.54) is 11.8 Å². The highest BCUT2D eigenvalue weighted by Gasteiger charge is 2.19. The van der Waals surface area contributed by atoms with Gasteiger partial charge in [0.1, 0.15) is 11.3 Å².